The van der Waals surface area contributed by atoms with Gasteiger partial charge in [0.05, 0.1) is 15.6 Å². The molecule has 1 aliphatic carbocycles. The maximum absolute atomic E-state index is 12.1. The zero-order chi connectivity index (χ0) is 15.1. The molecule has 22 heavy (non-hydrogen) atoms. The van der Waals surface area contributed by atoms with E-state index in [0.29, 0.717) is 28.2 Å². The Morgan fingerprint density at radius 1 is 1.05 bits per heavy atom. The zero-order valence-corrected chi connectivity index (χ0v) is 14.9. The molecule has 1 aromatic rings. The van der Waals surface area contributed by atoms with Gasteiger partial charge in [0.25, 0.3) is 5.91 Å². The molecular weight excluding hydrogens is 343 g/mol. The fourth-order valence-electron chi connectivity index (χ4n) is 2.74. The first kappa shape index (κ1) is 19.6. The first-order valence-electron chi connectivity index (χ1n) is 7.64. The van der Waals surface area contributed by atoms with Crippen molar-refractivity contribution < 1.29 is 4.79 Å². The molecule has 3 nitrogen and oxygen atoms in total. The molecule has 0 aliphatic heterocycles. The van der Waals surface area contributed by atoms with Gasteiger partial charge in [-0.05, 0) is 25.0 Å². The molecule has 0 saturated heterocycles. The van der Waals surface area contributed by atoms with Crippen molar-refractivity contribution in [1.82, 2.24) is 10.6 Å². The van der Waals surface area contributed by atoms with Gasteiger partial charge in [-0.1, -0.05) is 55.0 Å². The fourth-order valence-corrected chi connectivity index (χ4v) is 3.31. The van der Waals surface area contributed by atoms with Gasteiger partial charge in [0.15, 0.2) is 0 Å². The number of hydrogen-bond donors (Lipinski definition) is 2. The van der Waals surface area contributed by atoms with Crippen molar-refractivity contribution in [2.75, 3.05) is 13.1 Å². The van der Waals surface area contributed by atoms with Gasteiger partial charge in [0, 0.05) is 19.1 Å². The van der Waals surface area contributed by atoms with Crippen LogP contribution in [0, 0.1) is 0 Å². The van der Waals surface area contributed by atoms with E-state index in [9.17, 15) is 4.79 Å². The van der Waals surface area contributed by atoms with Crippen LogP contribution < -0.4 is 10.6 Å². The molecule has 1 amide bonds. The largest absolute Gasteiger partial charge is 0.351 e. The van der Waals surface area contributed by atoms with Crippen LogP contribution >= 0.6 is 35.6 Å². The Bertz CT molecular complexity index is 454. The second kappa shape index (κ2) is 10.3. The molecule has 1 saturated carbocycles. The van der Waals surface area contributed by atoms with E-state index in [2.05, 4.69) is 10.6 Å². The summed E-state index contributed by atoms with van der Waals surface area (Å²) < 4.78 is 0. The minimum atomic E-state index is -0.215. The second-order valence-electron chi connectivity index (χ2n) is 5.50. The molecule has 0 atom stereocenters. The Hall–Kier alpha value is -0.480. The molecule has 1 fully saturated rings. The smallest absolute Gasteiger partial charge is 0.254 e. The van der Waals surface area contributed by atoms with Gasteiger partial charge in [0.1, 0.15) is 0 Å². The molecule has 1 aromatic carbocycles. The molecule has 0 heterocycles. The predicted octanol–water partition coefficient (Wildman–Crippen LogP) is 4.46. The third kappa shape index (κ3) is 5.96. The van der Waals surface area contributed by atoms with E-state index >= 15 is 0 Å². The van der Waals surface area contributed by atoms with E-state index in [1.54, 1.807) is 18.2 Å². The summed E-state index contributed by atoms with van der Waals surface area (Å²) in [7, 11) is 0. The van der Waals surface area contributed by atoms with Crippen molar-refractivity contribution in [2.24, 2.45) is 0 Å². The summed E-state index contributed by atoms with van der Waals surface area (Å²) >= 11 is 12.0. The number of carbonyl (C=O) groups is 1. The predicted molar refractivity (Wildman–Crippen MR) is 95.5 cm³/mol. The monoisotopic (exact) mass is 364 g/mol. The number of hydrogen-bond acceptors (Lipinski definition) is 2. The fraction of sp³-hybridized carbons (Fsp3) is 0.562. The zero-order valence-electron chi connectivity index (χ0n) is 12.5. The van der Waals surface area contributed by atoms with Crippen molar-refractivity contribution in [1.29, 1.82) is 0 Å². The second-order valence-corrected chi connectivity index (χ2v) is 6.31. The van der Waals surface area contributed by atoms with Gasteiger partial charge >= 0.3 is 0 Å². The number of amides is 1. The maximum Gasteiger partial charge on any atom is 0.254 e. The molecule has 1 aliphatic rings. The van der Waals surface area contributed by atoms with E-state index in [0.717, 1.165) is 6.54 Å². The molecule has 0 radical (unpaired) electrons. The summed E-state index contributed by atoms with van der Waals surface area (Å²) in [5.41, 5.74) is 0.357. The summed E-state index contributed by atoms with van der Waals surface area (Å²) in [6.45, 7) is 1.36. The molecule has 124 valence electrons. The standard InChI is InChI=1S/C16H22Cl2N2O.ClH/c17-13-8-5-9-14(18)15(13)16(21)20-11-10-19-12-6-3-1-2-4-7-12;/h5,8-9,12,19H,1-4,6-7,10-11H2,(H,20,21);1H. The van der Waals surface area contributed by atoms with Crippen LogP contribution in [-0.2, 0) is 0 Å². The van der Waals surface area contributed by atoms with Gasteiger partial charge in [0.2, 0.25) is 0 Å². The van der Waals surface area contributed by atoms with Crippen LogP contribution in [0.1, 0.15) is 48.9 Å². The first-order chi connectivity index (χ1) is 10.2. The molecule has 2 N–H and O–H groups in total. The lowest BCUT2D eigenvalue weighted by molar-refractivity contribution is 0.0954. The lowest BCUT2D eigenvalue weighted by Crippen LogP contribution is -2.37. The summed E-state index contributed by atoms with van der Waals surface area (Å²) in [6.07, 6.45) is 7.78. The highest BCUT2D eigenvalue weighted by molar-refractivity contribution is 6.39. The highest BCUT2D eigenvalue weighted by Gasteiger charge is 2.14. The molecule has 0 aromatic heterocycles. The molecule has 0 bridgehead atoms. The van der Waals surface area contributed by atoms with Crippen molar-refractivity contribution in [3.05, 3.63) is 33.8 Å². The quantitative estimate of drug-likeness (QED) is 0.597. The van der Waals surface area contributed by atoms with Gasteiger partial charge in [-0.15, -0.1) is 12.4 Å². The van der Waals surface area contributed by atoms with Gasteiger partial charge in [-0.2, -0.15) is 0 Å². The number of carbonyl (C=O) groups excluding carboxylic acids is 1. The molecule has 0 unspecified atom stereocenters. The van der Waals surface area contributed by atoms with Crippen LogP contribution in [0.25, 0.3) is 0 Å². The van der Waals surface area contributed by atoms with Gasteiger partial charge in [-0.25, -0.2) is 0 Å². The van der Waals surface area contributed by atoms with E-state index in [-0.39, 0.29) is 18.3 Å². The Morgan fingerprint density at radius 2 is 1.64 bits per heavy atom. The van der Waals surface area contributed by atoms with Crippen molar-refractivity contribution >= 4 is 41.5 Å². The highest BCUT2D eigenvalue weighted by Crippen LogP contribution is 2.23. The van der Waals surface area contributed by atoms with E-state index in [1.165, 1.54) is 38.5 Å². The number of rotatable bonds is 5. The molecule has 0 spiro atoms. The van der Waals surface area contributed by atoms with Crippen LogP contribution in [0.2, 0.25) is 10.0 Å². The molecule has 6 heteroatoms. The minimum absolute atomic E-state index is 0. The lowest BCUT2D eigenvalue weighted by Gasteiger charge is -2.16. The van der Waals surface area contributed by atoms with E-state index in [1.807, 2.05) is 0 Å². The van der Waals surface area contributed by atoms with Crippen LogP contribution in [0.5, 0.6) is 0 Å². The maximum atomic E-state index is 12.1. The topological polar surface area (TPSA) is 41.1 Å². The SMILES string of the molecule is Cl.O=C(NCCNC1CCCCCC1)c1c(Cl)cccc1Cl. The third-order valence-corrected chi connectivity index (χ3v) is 4.52. The van der Waals surface area contributed by atoms with Crippen LogP contribution in [0.4, 0.5) is 0 Å². The minimum Gasteiger partial charge on any atom is -0.351 e. The highest BCUT2D eigenvalue weighted by atomic mass is 35.5. The van der Waals surface area contributed by atoms with E-state index < -0.39 is 0 Å². The average Bonchev–Trinajstić information content (AvgIpc) is 2.72. The van der Waals surface area contributed by atoms with Gasteiger partial charge in [-0.3, -0.25) is 4.79 Å². The third-order valence-electron chi connectivity index (χ3n) is 3.89. The normalized spacial score (nSPS) is 15.7. The Labute approximate surface area is 148 Å². The lowest BCUT2D eigenvalue weighted by atomic mass is 10.1. The van der Waals surface area contributed by atoms with Crippen LogP contribution in [0.3, 0.4) is 0 Å². The Kier molecular flexibility index (Phi) is 9.18. The first-order valence-corrected chi connectivity index (χ1v) is 8.39. The Morgan fingerprint density at radius 3 is 2.23 bits per heavy atom. The molecular formula is C16H23Cl3N2O. The number of benzene rings is 1. The number of halogens is 3. The van der Waals surface area contributed by atoms with Crippen molar-refractivity contribution in [2.45, 2.75) is 44.6 Å². The summed E-state index contributed by atoms with van der Waals surface area (Å²) in [4.78, 5) is 12.1. The number of nitrogens with one attached hydrogen (secondary N) is 2. The van der Waals surface area contributed by atoms with E-state index in [4.69, 9.17) is 23.2 Å². The average molecular weight is 366 g/mol. The van der Waals surface area contributed by atoms with Crippen molar-refractivity contribution in [3.8, 4) is 0 Å². The summed E-state index contributed by atoms with van der Waals surface area (Å²) in [6, 6.07) is 5.67. The van der Waals surface area contributed by atoms with Crippen LogP contribution in [-0.4, -0.2) is 25.0 Å². The Balaban J connectivity index is 0.00000242. The summed E-state index contributed by atoms with van der Waals surface area (Å²) in [5.74, 6) is -0.215. The van der Waals surface area contributed by atoms with Gasteiger partial charge < -0.3 is 10.6 Å². The van der Waals surface area contributed by atoms with Crippen molar-refractivity contribution in [3.63, 3.8) is 0 Å². The van der Waals surface area contributed by atoms with Crippen LogP contribution in [0.15, 0.2) is 18.2 Å². The summed E-state index contributed by atoms with van der Waals surface area (Å²) in [5, 5.41) is 7.15. The molecule has 2 rings (SSSR count).